The third kappa shape index (κ3) is 4.58. The van der Waals surface area contributed by atoms with E-state index in [-0.39, 0.29) is 12.2 Å². The van der Waals surface area contributed by atoms with Gasteiger partial charge in [-0.1, -0.05) is 29.8 Å². The number of hydrogen-bond donors (Lipinski definition) is 2. The van der Waals surface area contributed by atoms with E-state index < -0.39 is 23.4 Å². The van der Waals surface area contributed by atoms with Crippen molar-refractivity contribution in [2.45, 2.75) is 13.3 Å². The number of halogens is 2. The third-order valence-electron chi connectivity index (χ3n) is 4.51. The number of hydrogen-bond acceptors (Lipinski definition) is 5. The summed E-state index contributed by atoms with van der Waals surface area (Å²) in [5.74, 6) is -3.09. The molecule has 4 rings (SSSR count). The van der Waals surface area contributed by atoms with E-state index in [4.69, 9.17) is 0 Å². The lowest BCUT2D eigenvalue weighted by atomic mass is 10.1. The molecule has 0 unspecified atom stereocenters. The molecule has 10 heteroatoms. The van der Waals surface area contributed by atoms with Gasteiger partial charge in [0.25, 0.3) is 0 Å². The van der Waals surface area contributed by atoms with Crippen LogP contribution in [-0.2, 0) is 16.0 Å². The first kappa shape index (κ1) is 20.6. The molecule has 31 heavy (non-hydrogen) atoms. The number of anilines is 1. The van der Waals surface area contributed by atoms with Gasteiger partial charge in [0, 0.05) is 30.0 Å². The van der Waals surface area contributed by atoms with Gasteiger partial charge in [0.1, 0.15) is 11.6 Å². The Morgan fingerprint density at radius 1 is 1.10 bits per heavy atom. The predicted molar refractivity (Wildman–Crippen MR) is 113 cm³/mol. The van der Waals surface area contributed by atoms with Crippen molar-refractivity contribution < 1.29 is 18.4 Å². The number of fused-ring (bicyclic) bond motifs is 1. The van der Waals surface area contributed by atoms with Crippen LogP contribution < -0.4 is 10.6 Å². The van der Waals surface area contributed by atoms with Crippen molar-refractivity contribution in [1.82, 2.24) is 19.9 Å². The Bertz CT molecular complexity index is 1270. The largest absolute Gasteiger partial charge is 0.347 e. The molecule has 2 amide bonds. The summed E-state index contributed by atoms with van der Waals surface area (Å²) in [5, 5.41) is 11.0. The van der Waals surface area contributed by atoms with Gasteiger partial charge in [0.2, 0.25) is 4.96 Å². The second-order valence-electron chi connectivity index (χ2n) is 6.81. The van der Waals surface area contributed by atoms with Gasteiger partial charge in [0.15, 0.2) is 5.82 Å². The van der Waals surface area contributed by atoms with E-state index in [2.05, 4.69) is 20.7 Å². The molecule has 0 saturated carbocycles. The smallest absolute Gasteiger partial charge is 0.313 e. The minimum atomic E-state index is -1.04. The Kier molecular flexibility index (Phi) is 5.72. The highest BCUT2D eigenvalue weighted by molar-refractivity contribution is 7.15. The molecule has 7 nitrogen and oxygen atoms in total. The summed E-state index contributed by atoms with van der Waals surface area (Å²) in [5.41, 5.74) is 2.61. The SMILES string of the molecule is Cc1ccc(-c2nc3scc(CCNC(=O)C(=O)Nc4ccc(F)cc4F)n3n2)cc1. The van der Waals surface area contributed by atoms with Gasteiger partial charge in [-0.15, -0.1) is 16.4 Å². The van der Waals surface area contributed by atoms with Crippen LogP contribution >= 0.6 is 11.3 Å². The van der Waals surface area contributed by atoms with Crippen LogP contribution in [0.1, 0.15) is 11.3 Å². The molecule has 2 aromatic carbocycles. The zero-order valence-electron chi connectivity index (χ0n) is 16.4. The zero-order valence-corrected chi connectivity index (χ0v) is 17.2. The second-order valence-corrected chi connectivity index (χ2v) is 7.64. The zero-order chi connectivity index (χ0) is 22.0. The quantitative estimate of drug-likeness (QED) is 0.465. The Morgan fingerprint density at radius 3 is 2.61 bits per heavy atom. The number of aromatic nitrogens is 3. The summed E-state index contributed by atoms with van der Waals surface area (Å²) >= 11 is 1.43. The molecule has 0 spiro atoms. The summed E-state index contributed by atoms with van der Waals surface area (Å²) in [4.78, 5) is 29.2. The summed E-state index contributed by atoms with van der Waals surface area (Å²) in [6.45, 7) is 2.18. The van der Waals surface area contributed by atoms with Crippen LogP contribution in [0.4, 0.5) is 14.5 Å². The molecule has 0 saturated heterocycles. The number of nitrogens with one attached hydrogen (secondary N) is 2. The fourth-order valence-corrected chi connectivity index (χ4v) is 3.73. The van der Waals surface area contributed by atoms with Gasteiger partial charge in [-0.05, 0) is 19.1 Å². The highest BCUT2D eigenvalue weighted by atomic mass is 32.1. The average molecular weight is 441 g/mol. The van der Waals surface area contributed by atoms with Crippen molar-refractivity contribution >= 4 is 33.8 Å². The number of thiazole rings is 1. The lowest BCUT2D eigenvalue weighted by Gasteiger charge is -2.07. The minimum Gasteiger partial charge on any atom is -0.347 e. The van der Waals surface area contributed by atoms with E-state index in [1.54, 1.807) is 4.52 Å². The number of carbonyl (C=O) groups is 2. The first-order chi connectivity index (χ1) is 14.9. The molecule has 0 aliphatic rings. The van der Waals surface area contributed by atoms with Crippen LogP contribution in [-0.4, -0.2) is 33.0 Å². The monoisotopic (exact) mass is 441 g/mol. The maximum absolute atomic E-state index is 13.6. The van der Waals surface area contributed by atoms with E-state index in [0.29, 0.717) is 18.3 Å². The highest BCUT2D eigenvalue weighted by Crippen LogP contribution is 2.21. The number of nitrogens with zero attached hydrogens (tertiary/aromatic N) is 3. The molecule has 0 aliphatic carbocycles. The lowest BCUT2D eigenvalue weighted by Crippen LogP contribution is -2.36. The fourth-order valence-electron chi connectivity index (χ4n) is 2.88. The molecule has 0 atom stereocenters. The molecule has 2 heterocycles. The molecular formula is C21H17F2N5O2S. The first-order valence-corrected chi connectivity index (χ1v) is 10.2. The Morgan fingerprint density at radius 2 is 1.87 bits per heavy atom. The molecule has 4 aromatic rings. The molecule has 0 fully saturated rings. The molecule has 158 valence electrons. The van der Waals surface area contributed by atoms with Crippen molar-refractivity contribution in [3.8, 4) is 11.4 Å². The van der Waals surface area contributed by atoms with Gasteiger partial charge in [-0.3, -0.25) is 9.59 Å². The van der Waals surface area contributed by atoms with Gasteiger partial charge in [-0.25, -0.2) is 13.3 Å². The molecular weight excluding hydrogens is 424 g/mol. The van der Waals surface area contributed by atoms with Crippen LogP contribution in [0.5, 0.6) is 0 Å². The third-order valence-corrected chi connectivity index (χ3v) is 5.38. The number of carbonyl (C=O) groups excluding carboxylic acids is 2. The van der Waals surface area contributed by atoms with Crippen LogP contribution in [0.15, 0.2) is 47.8 Å². The standard InChI is InChI=1S/C21H17F2N5O2S/c1-12-2-4-13(5-3-12)18-26-21-28(27-18)15(11-31-21)8-9-24-19(29)20(30)25-17-7-6-14(22)10-16(17)23/h2-7,10-11H,8-9H2,1H3,(H,24,29)(H,25,30). The Balaban J connectivity index is 1.36. The number of rotatable bonds is 5. The number of aryl methyl sites for hydroxylation is 1. The Hall–Kier alpha value is -3.66. The topological polar surface area (TPSA) is 88.4 Å². The van der Waals surface area contributed by atoms with Crippen LogP contribution in [0.2, 0.25) is 0 Å². The average Bonchev–Trinajstić information content (AvgIpc) is 3.32. The summed E-state index contributed by atoms with van der Waals surface area (Å²) in [6.07, 6.45) is 0.417. The first-order valence-electron chi connectivity index (χ1n) is 9.35. The van der Waals surface area contributed by atoms with Crippen LogP contribution in [0.3, 0.4) is 0 Å². The molecule has 2 aromatic heterocycles. The predicted octanol–water partition coefficient (Wildman–Crippen LogP) is 3.34. The van der Waals surface area contributed by atoms with E-state index in [0.717, 1.165) is 33.9 Å². The lowest BCUT2D eigenvalue weighted by molar-refractivity contribution is -0.136. The second kappa shape index (κ2) is 8.60. The van der Waals surface area contributed by atoms with Crippen molar-refractivity contribution in [3.05, 3.63) is 70.7 Å². The number of benzene rings is 2. The van der Waals surface area contributed by atoms with Crippen molar-refractivity contribution in [1.29, 1.82) is 0 Å². The fraction of sp³-hybridized carbons (Fsp3) is 0.143. The summed E-state index contributed by atoms with van der Waals surface area (Å²) < 4.78 is 28.2. The minimum absolute atomic E-state index is 0.170. The van der Waals surface area contributed by atoms with Crippen molar-refractivity contribution in [2.75, 3.05) is 11.9 Å². The highest BCUT2D eigenvalue weighted by Gasteiger charge is 2.16. The maximum atomic E-state index is 13.6. The van der Waals surface area contributed by atoms with Crippen LogP contribution in [0.25, 0.3) is 16.3 Å². The van der Waals surface area contributed by atoms with E-state index in [1.807, 2.05) is 36.6 Å². The van der Waals surface area contributed by atoms with E-state index in [1.165, 1.54) is 11.3 Å². The van der Waals surface area contributed by atoms with Crippen molar-refractivity contribution in [2.24, 2.45) is 0 Å². The van der Waals surface area contributed by atoms with Gasteiger partial charge in [-0.2, -0.15) is 4.98 Å². The summed E-state index contributed by atoms with van der Waals surface area (Å²) in [6, 6.07) is 10.6. The normalized spacial score (nSPS) is 10.9. The molecule has 0 radical (unpaired) electrons. The van der Waals surface area contributed by atoms with Gasteiger partial charge in [0.05, 0.1) is 11.4 Å². The number of amides is 2. The van der Waals surface area contributed by atoms with E-state index in [9.17, 15) is 18.4 Å². The van der Waals surface area contributed by atoms with Gasteiger partial charge >= 0.3 is 11.8 Å². The van der Waals surface area contributed by atoms with Gasteiger partial charge < -0.3 is 10.6 Å². The summed E-state index contributed by atoms with van der Waals surface area (Å²) in [7, 11) is 0. The maximum Gasteiger partial charge on any atom is 0.313 e. The van der Waals surface area contributed by atoms with Crippen molar-refractivity contribution in [3.63, 3.8) is 0 Å². The Labute approximate surface area is 179 Å². The van der Waals surface area contributed by atoms with E-state index >= 15 is 0 Å². The molecule has 0 bridgehead atoms. The molecule has 0 aliphatic heterocycles. The molecule has 2 N–H and O–H groups in total. The van der Waals surface area contributed by atoms with Crippen LogP contribution in [0, 0.1) is 18.6 Å².